The van der Waals surface area contributed by atoms with Gasteiger partial charge in [-0.25, -0.2) is 4.79 Å². The van der Waals surface area contributed by atoms with Crippen LogP contribution < -0.4 is 14.8 Å². The number of anilines is 1. The zero-order valence-corrected chi connectivity index (χ0v) is 16.6. The third kappa shape index (κ3) is 5.30. The van der Waals surface area contributed by atoms with Crippen molar-refractivity contribution in [2.45, 2.75) is 0 Å². The Bertz CT molecular complexity index is 1140. The van der Waals surface area contributed by atoms with E-state index in [1.54, 1.807) is 36.4 Å². The normalized spacial score (nSPS) is 10.5. The SMILES string of the molecule is COc1cc(/C=C/C(=O)OCC(=O)Nc2cccc3nsnc23)ccc1OCC#N. The van der Waals surface area contributed by atoms with Gasteiger partial charge >= 0.3 is 5.97 Å². The predicted octanol–water partition coefficient (Wildman–Crippen LogP) is 2.80. The van der Waals surface area contributed by atoms with E-state index in [9.17, 15) is 9.59 Å². The summed E-state index contributed by atoms with van der Waals surface area (Å²) in [7, 11) is 1.47. The summed E-state index contributed by atoms with van der Waals surface area (Å²) >= 11 is 1.05. The number of hydrogen-bond donors (Lipinski definition) is 1. The molecule has 30 heavy (non-hydrogen) atoms. The number of amides is 1. The second-order valence-electron chi connectivity index (χ2n) is 5.78. The molecule has 0 bridgehead atoms. The summed E-state index contributed by atoms with van der Waals surface area (Å²) < 4.78 is 23.6. The van der Waals surface area contributed by atoms with Crippen molar-refractivity contribution in [1.29, 1.82) is 5.26 Å². The van der Waals surface area contributed by atoms with Crippen molar-refractivity contribution in [3.63, 3.8) is 0 Å². The number of nitrogens with one attached hydrogen (secondary N) is 1. The molecule has 0 radical (unpaired) electrons. The van der Waals surface area contributed by atoms with Gasteiger partial charge in [-0.05, 0) is 35.9 Å². The first-order valence-electron chi connectivity index (χ1n) is 8.64. The predicted molar refractivity (Wildman–Crippen MR) is 110 cm³/mol. The highest BCUT2D eigenvalue weighted by atomic mass is 32.1. The van der Waals surface area contributed by atoms with Gasteiger partial charge in [0.2, 0.25) is 0 Å². The van der Waals surface area contributed by atoms with Crippen LogP contribution in [0.4, 0.5) is 5.69 Å². The molecule has 10 heteroatoms. The van der Waals surface area contributed by atoms with Crippen molar-refractivity contribution in [2.75, 3.05) is 25.6 Å². The van der Waals surface area contributed by atoms with Crippen LogP contribution in [0.1, 0.15) is 5.56 Å². The molecule has 152 valence electrons. The van der Waals surface area contributed by atoms with Gasteiger partial charge in [0.15, 0.2) is 24.7 Å². The number of carbonyl (C=O) groups excluding carboxylic acids is 2. The molecule has 0 spiro atoms. The van der Waals surface area contributed by atoms with E-state index in [4.69, 9.17) is 19.5 Å². The molecule has 1 aromatic heterocycles. The third-order valence-electron chi connectivity index (χ3n) is 3.80. The first-order valence-corrected chi connectivity index (χ1v) is 9.37. The molecule has 0 aliphatic rings. The first kappa shape index (κ1) is 20.8. The maximum Gasteiger partial charge on any atom is 0.331 e. The Morgan fingerprint density at radius 2 is 2.10 bits per heavy atom. The summed E-state index contributed by atoms with van der Waals surface area (Å²) in [6, 6.07) is 12.1. The molecule has 1 amide bonds. The van der Waals surface area contributed by atoms with E-state index in [1.165, 1.54) is 19.3 Å². The number of carbonyl (C=O) groups is 2. The lowest BCUT2D eigenvalue weighted by atomic mass is 10.2. The van der Waals surface area contributed by atoms with Crippen molar-refractivity contribution in [3.8, 4) is 17.6 Å². The van der Waals surface area contributed by atoms with E-state index in [-0.39, 0.29) is 6.61 Å². The number of hydrogen-bond acceptors (Lipinski definition) is 9. The molecule has 3 rings (SSSR count). The Morgan fingerprint density at radius 3 is 2.90 bits per heavy atom. The number of fused-ring (bicyclic) bond motifs is 1. The molecule has 0 aliphatic heterocycles. The molecule has 0 unspecified atom stereocenters. The molecule has 0 saturated heterocycles. The zero-order chi connectivity index (χ0) is 21.3. The molecule has 0 atom stereocenters. The van der Waals surface area contributed by atoms with Crippen LogP contribution in [0.15, 0.2) is 42.5 Å². The van der Waals surface area contributed by atoms with Gasteiger partial charge in [0, 0.05) is 6.08 Å². The summed E-state index contributed by atoms with van der Waals surface area (Å²) in [4.78, 5) is 24.0. The molecule has 3 aromatic rings. The maximum absolute atomic E-state index is 12.1. The van der Waals surface area contributed by atoms with Crippen LogP contribution in [-0.4, -0.2) is 40.9 Å². The molecule has 0 fully saturated rings. The number of esters is 1. The highest BCUT2D eigenvalue weighted by Crippen LogP contribution is 2.28. The van der Waals surface area contributed by atoms with E-state index in [1.807, 2.05) is 6.07 Å². The van der Waals surface area contributed by atoms with Gasteiger partial charge in [-0.1, -0.05) is 12.1 Å². The van der Waals surface area contributed by atoms with Crippen LogP contribution in [0.25, 0.3) is 17.1 Å². The van der Waals surface area contributed by atoms with Gasteiger partial charge in [0.1, 0.15) is 17.1 Å². The van der Waals surface area contributed by atoms with Crippen LogP contribution in [0.3, 0.4) is 0 Å². The van der Waals surface area contributed by atoms with Crippen molar-refractivity contribution < 1.29 is 23.8 Å². The maximum atomic E-state index is 12.1. The Morgan fingerprint density at radius 1 is 1.23 bits per heavy atom. The van der Waals surface area contributed by atoms with Gasteiger partial charge in [0.05, 0.1) is 24.5 Å². The van der Waals surface area contributed by atoms with Gasteiger partial charge < -0.3 is 19.5 Å². The van der Waals surface area contributed by atoms with Crippen molar-refractivity contribution in [1.82, 2.24) is 8.75 Å². The second-order valence-corrected chi connectivity index (χ2v) is 6.31. The molecule has 2 aromatic carbocycles. The van der Waals surface area contributed by atoms with Crippen LogP contribution in [0.5, 0.6) is 11.5 Å². The van der Waals surface area contributed by atoms with Crippen LogP contribution in [0, 0.1) is 11.3 Å². The van der Waals surface area contributed by atoms with E-state index in [0.717, 1.165) is 11.7 Å². The average Bonchev–Trinajstić information content (AvgIpc) is 3.25. The highest BCUT2D eigenvalue weighted by molar-refractivity contribution is 7.00. The van der Waals surface area contributed by atoms with E-state index < -0.39 is 18.5 Å². The number of benzene rings is 2. The molecular formula is C20H16N4O5S. The quantitative estimate of drug-likeness (QED) is 0.432. The van der Waals surface area contributed by atoms with Gasteiger partial charge in [-0.3, -0.25) is 4.79 Å². The number of aromatic nitrogens is 2. The van der Waals surface area contributed by atoms with Crippen LogP contribution in [0.2, 0.25) is 0 Å². The number of ether oxygens (including phenoxy) is 3. The first-order chi connectivity index (χ1) is 14.6. The van der Waals surface area contributed by atoms with Crippen molar-refractivity contribution in [3.05, 3.63) is 48.0 Å². The molecule has 1 N–H and O–H groups in total. The Labute approximate surface area is 175 Å². The van der Waals surface area contributed by atoms with Gasteiger partial charge in [-0.2, -0.15) is 14.0 Å². The van der Waals surface area contributed by atoms with E-state index in [0.29, 0.717) is 33.8 Å². The van der Waals surface area contributed by atoms with E-state index >= 15 is 0 Å². The number of nitrogens with zero attached hydrogens (tertiary/aromatic N) is 3. The lowest BCUT2D eigenvalue weighted by molar-refractivity contribution is -0.142. The Hall–Kier alpha value is -3.97. The zero-order valence-electron chi connectivity index (χ0n) is 15.8. The summed E-state index contributed by atoms with van der Waals surface area (Å²) in [6.45, 7) is -0.547. The largest absolute Gasteiger partial charge is 0.493 e. The molecule has 1 heterocycles. The summed E-state index contributed by atoms with van der Waals surface area (Å²) in [5.41, 5.74) is 2.42. The van der Waals surface area contributed by atoms with E-state index in [2.05, 4.69) is 14.1 Å². The molecule has 0 aliphatic carbocycles. The van der Waals surface area contributed by atoms with Crippen LogP contribution >= 0.6 is 11.7 Å². The van der Waals surface area contributed by atoms with Crippen molar-refractivity contribution in [2.24, 2.45) is 0 Å². The summed E-state index contributed by atoms with van der Waals surface area (Å²) in [6.07, 6.45) is 2.71. The number of rotatable bonds is 8. The fourth-order valence-electron chi connectivity index (χ4n) is 2.46. The average molecular weight is 424 g/mol. The van der Waals surface area contributed by atoms with Crippen LogP contribution in [-0.2, 0) is 14.3 Å². The second kappa shape index (κ2) is 9.99. The smallest absolute Gasteiger partial charge is 0.331 e. The Kier molecular flexibility index (Phi) is 6.91. The van der Waals surface area contributed by atoms with Gasteiger partial charge in [0.25, 0.3) is 5.91 Å². The fourth-order valence-corrected chi connectivity index (χ4v) is 3.01. The minimum atomic E-state index is -0.678. The van der Waals surface area contributed by atoms with Gasteiger partial charge in [-0.15, -0.1) is 0 Å². The number of nitriles is 1. The molecule has 0 saturated carbocycles. The number of methoxy groups -OCH3 is 1. The topological polar surface area (TPSA) is 123 Å². The fraction of sp³-hybridized carbons (Fsp3) is 0.150. The third-order valence-corrected chi connectivity index (χ3v) is 4.34. The highest BCUT2D eigenvalue weighted by Gasteiger charge is 2.10. The minimum absolute atomic E-state index is 0.104. The molecular weight excluding hydrogens is 408 g/mol. The summed E-state index contributed by atoms with van der Waals surface area (Å²) in [5, 5.41) is 11.2. The standard InChI is InChI=1S/C20H16N4O5S/c1-27-17-11-13(5-7-16(17)28-10-9-21)6-8-19(26)29-12-18(25)22-14-3-2-4-15-20(14)24-30-23-15/h2-8,11H,10,12H2,1H3,(H,22,25)/b8-6+. The lowest BCUT2D eigenvalue weighted by Crippen LogP contribution is -2.20. The monoisotopic (exact) mass is 424 g/mol. The summed E-state index contributed by atoms with van der Waals surface area (Å²) in [5.74, 6) is -0.327. The Balaban J connectivity index is 1.54. The van der Waals surface area contributed by atoms with Crippen molar-refractivity contribution >= 4 is 46.4 Å². The minimum Gasteiger partial charge on any atom is -0.493 e. The lowest BCUT2D eigenvalue weighted by Gasteiger charge is -2.08. The molecule has 9 nitrogen and oxygen atoms in total.